The molecule has 0 aliphatic carbocycles. The number of alkyl halides is 1. The minimum atomic E-state index is 0.127. The number of hydrogen-bond donors (Lipinski definition) is 0. The standard InChI is InChI=1S/C16H24Cl2/c1-4-5-6-7-8-9-15(17)14-10-13(3)16(18)11-12(14)2/h10-11,15H,4-9H2,1-3H3. The summed E-state index contributed by atoms with van der Waals surface area (Å²) in [6, 6.07) is 4.17. The van der Waals surface area contributed by atoms with E-state index in [4.69, 9.17) is 23.2 Å². The highest BCUT2D eigenvalue weighted by Crippen LogP contribution is 2.32. The van der Waals surface area contributed by atoms with Gasteiger partial charge in [0.25, 0.3) is 0 Å². The largest absolute Gasteiger partial charge is 0.118 e. The molecule has 0 aliphatic heterocycles. The van der Waals surface area contributed by atoms with Crippen molar-refractivity contribution in [2.24, 2.45) is 0 Å². The molecule has 1 rings (SSSR count). The van der Waals surface area contributed by atoms with Crippen LogP contribution in [0.1, 0.15) is 67.5 Å². The second-order valence-corrected chi connectivity index (χ2v) is 6.06. The van der Waals surface area contributed by atoms with Gasteiger partial charge >= 0.3 is 0 Å². The Morgan fingerprint density at radius 3 is 2.33 bits per heavy atom. The van der Waals surface area contributed by atoms with Crippen LogP contribution in [0, 0.1) is 13.8 Å². The molecule has 0 amide bonds. The Morgan fingerprint density at radius 2 is 1.67 bits per heavy atom. The molecule has 0 aromatic heterocycles. The van der Waals surface area contributed by atoms with Gasteiger partial charge in [-0.2, -0.15) is 0 Å². The summed E-state index contributed by atoms with van der Waals surface area (Å²) in [5.41, 5.74) is 3.57. The van der Waals surface area contributed by atoms with Crippen LogP contribution in [-0.4, -0.2) is 0 Å². The molecule has 0 N–H and O–H groups in total. The van der Waals surface area contributed by atoms with Gasteiger partial charge in [-0.25, -0.2) is 0 Å². The topological polar surface area (TPSA) is 0 Å². The van der Waals surface area contributed by atoms with Crippen molar-refractivity contribution in [1.82, 2.24) is 0 Å². The summed E-state index contributed by atoms with van der Waals surface area (Å²) in [6.45, 7) is 6.37. The van der Waals surface area contributed by atoms with Gasteiger partial charge in [0.2, 0.25) is 0 Å². The van der Waals surface area contributed by atoms with Gasteiger partial charge in [0.15, 0.2) is 0 Å². The first-order chi connectivity index (χ1) is 8.56. The summed E-state index contributed by atoms with van der Waals surface area (Å²) in [5, 5.41) is 0.964. The zero-order valence-corrected chi connectivity index (χ0v) is 13.2. The zero-order valence-electron chi connectivity index (χ0n) is 11.7. The molecule has 1 aromatic rings. The van der Waals surface area contributed by atoms with Crippen molar-refractivity contribution in [1.29, 1.82) is 0 Å². The summed E-state index contributed by atoms with van der Waals surface area (Å²) in [4.78, 5) is 0. The zero-order chi connectivity index (χ0) is 13.5. The van der Waals surface area contributed by atoms with Crippen molar-refractivity contribution in [3.05, 3.63) is 33.8 Å². The average Bonchev–Trinajstić information content (AvgIpc) is 2.33. The van der Waals surface area contributed by atoms with E-state index >= 15 is 0 Å². The lowest BCUT2D eigenvalue weighted by atomic mass is 9.99. The fourth-order valence-corrected chi connectivity index (χ4v) is 2.83. The fraction of sp³-hybridized carbons (Fsp3) is 0.625. The molecule has 0 fully saturated rings. The summed E-state index contributed by atoms with van der Waals surface area (Å²) in [7, 11) is 0. The Morgan fingerprint density at radius 1 is 1.00 bits per heavy atom. The molecule has 102 valence electrons. The molecule has 0 radical (unpaired) electrons. The molecule has 0 saturated carbocycles. The van der Waals surface area contributed by atoms with Crippen LogP contribution in [0.3, 0.4) is 0 Å². The lowest BCUT2D eigenvalue weighted by Gasteiger charge is -2.14. The minimum Gasteiger partial charge on any atom is -0.118 e. The first-order valence-electron chi connectivity index (χ1n) is 6.97. The summed E-state index contributed by atoms with van der Waals surface area (Å²) < 4.78 is 0. The summed E-state index contributed by atoms with van der Waals surface area (Å²) in [5.74, 6) is 0. The SMILES string of the molecule is CCCCCCCC(Cl)c1cc(C)c(Cl)cc1C. The van der Waals surface area contributed by atoms with E-state index in [-0.39, 0.29) is 5.38 Å². The lowest BCUT2D eigenvalue weighted by molar-refractivity contribution is 0.601. The van der Waals surface area contributed by atoms with E-state index in [2.05, 4.69) is 19.9 Å². The van der Waals surface area contributed by atoms with E-state index < -0.39 is 0 Å². The van der Waals surface area contributed by atoms with Gasteiger partial charge in [0.05, 0.1) is 5.38 Å². The summed E-state index contributed by atoms with van der Waals surface area (Å²) in [6.07, 6.45) is 7.54. The normalized spacial score (nSPS) is 12.7. The Kier molecular flexibility index (Phi) is 7.11. The molecular formula is C16H24Cl2. The first-order valence-corrected chi connectivity index (χ1v) is 7.78. The Hall–Kier alpha value is -0.200. The molecule has 1 aromatic carbocycles. The van der Waals surface area contributed by atoms with Crippen molar-refractivity contribution in [2.75, 3.05) is 0 Å². The van der Waals surface area contributed by atoms with Gasteiger partial charge in [0, 0.05) is 5.02 Å². The highest BCUT2D eigenvalue weighted by molar-refractivity contribution is 6.31. The number of halogens is 2. The van der Waals surface area contributed by atoms with E-state index in [1.165, 1.54) is 43.2 Å². The Bertz CT molecular complexity index is 372. The summed E-state index contributed by atoms with van der Waals surface area (Å²) >= 11 is 12.6. The molecule has 0 aliphatic rings. The van der Waals surface area contributed by atoms with E-state index in [1.807, 2.05) is 13.0 Å². The van der Waals surface area contributed by atoms with Gasteiger partial charge in [-0.05, 0) is 43.0 Å². The molecule has 18 heavy (non-hydrogen) atoms. The number of hydrogen-bond acceptors (Lipinski definition) is 0. The predicted octanol–water partition coefficient (Wildman–Crippen LogP) is 6.60. The van der Waals surface area contributed by atoms with Crippen LogP contribution in [0.2, 0.25) is 5.02 Å². The van der Waals surface area contributed by atoms with Crippen LogP contribution < -0.4 is 0 Å². The van der Waals surface area contributed by atoms with Crippen molar-refractivity contribution in [2.45, 2.75) is 64.7 Å². The minimum absolute atomic E-state index is 0.127. The lowest BCUT2D eigenvalue weighted by Crippen LogP contribution is -1.96. The third-order valence-electron chi connectivity index (χ3n) is 3.45. The molecular weight excluding hydrogens is 263 g/mol. The third kappa shape index (κ3) is 4.82. The maximum Gasteiger partial charge on any atom is 0.0587 e. The molecule has 0 heterocycles. The molecule has 1 atom stereocenters. The molecule has 2 heteroatoms. The van der Waals surface area contributed by atoms with E-state index in [0.717, 1.165) is 17.0 Å². The number of aryl methyl sites for hydroxylation is 2. The fourth-order valence-electron chi connectivity index (χ4n) is 2.22. The highest BCUT2D eigenvalue weighted by atomic mass is 35.5. The molecule has 0 nitrogen and oxygen atoms in total. The maximum absolute atomic E-state index is 6.51. The van der Waals surface area contributed by atoms with Gasteiger partial charge in [-0.15, -0.1) is 11.6 Å². The van der Waals surface area contributed by atoms with E-state index in [9.17, 15) is 0 Å². The molecule has 1 unspecified atom stereocenters. The second-order valence-electron chi connectivity index (χ2n) is 5.13. The predicted molar refractivity (Wildman–Crippen MR) is 82.9 cm³/mol. The van der Waals surface area contributed by atoms with Crippen molar-refractivity contribution in [3.63, 3.8) is 0 Å². The van der Waals surface area contributed by atoms with Gasteiger partial charge in [-0.1, -0.05) is 56.7 Å². The third-order valence-corrected chi connectivity index (χ3v) is 4.31. The van der Waals surface area contributed by atoms with Crippen LogP contribution >= 0.6 is 23.2 Å². The number of benzene rings is 1. The quantitative estimate of drug-likeness (QED) is 0.391. The second kappa shape index (κ2) is 8.07. The van der Waals surface area contributed by atoms with Crippen molar-refractivity contribution >= 4 is 23.2 Å². The molecule has 0 saturated heterocycles. The Balaban J connectivity index is 2.51. The van der Waals surface area contributed by atoms with Crippen molar-refractivity contribution in [3.8, 4) is 0 Å². The highest BCUT2D eigenvalue weighted by Gasteiger charge is 2.12. The first kappa shape index (κ1) is 15.9. The van der Waals surface area contributed by atoms with Gasteiger partial charge < -0.3 is 0 Å². The van der Waals surface area contributed by atoms with E-state index in [0.29, 0.717) is 0 Å². The number of rotatable bonds is 7. The Labute approximate surface area is 122 Å². The molecule has 0 spiro atoms. The van der Waals surface area contributed by atoms with Crippen molar-refractivity contribution < 1.29 is 0 Å². The van der Waals surface area contributed by atoms with E-state index in [1.54, 1.807) is 0 Å². The number of unbranched alkanes of at least 4 members (excludes halogenated alkanes) is 4. The van der Waals surface area contributed by atoms with Crippen LogP contribution in [0.15, 0.2) is 12.1 Å². The average molecular weight is 287 g/mol. The van der Waals surface area contributed by atoms with Gasteiger partial charge in [0.1, 0.15) is 0 Å². The van der Waals surface area contributed by atoms with Crippen LogP contribution in [0.25, 0.3) is 0 Å². The van der Waals surface area contributed by atoms with Gasteiger partial charge in [-0.3, -0.25) is 0 Å². The van der Waals surface area contributed by atoms with Crippen LogP contribution in [-0.2, 0) is 0 Å². The smallest absolute Gasteiger partial charge is 0.0587 e. The maximum atomic E-state index is 6.51. The van der Waals surface area contributed by atoms with Crippen LogP contribution in [0.5, 0.6) is 0 Å². The molecule has 0 bridgehead atoms. The van der Waals surface area contributed by atoms with Crippen LogP contribution in [0.4, 0.5) is 0 Å². The monoisotopic (exact) mass is 286 g/mol.